The van der Waals surface area contributed by atoms with Crippen molar-refractivity contribution >= 4 is 23.2 Å². The van der Waals surface area contributed by atoms with Gasteiger partial charge in [-0.2, -0.15) is 5.10 Å². The molecule has 0 atom stereocenters. The van der Waals surface area contributed by atoms with Crippen molar-refractivity contribution < 1.29 is 4.42 Å². The maximum absolute atomic E-state index is 6.01. The molecule has 1 saturated carbocycles. The number of aromatic nitrogens is 3. The summed E-state index contributed by atoms with van der Waals surface area (Å²) in [6.45, 7) is 5.68. The molecule has 4 rings (SSSR count). The van der Waals surface area contributed by atoms with E-state index >= 15 is 0 Å². The Kier molecular flexibility index (Phi) is 4.25. The number of furan rings is 1. The monoisotopic (exact) mass is 356 g/mol. The van der Waals surface area contributed by atoms with Crippen molar-refractivity contribution in [2.45, 2.75) is 52.4 Å². The van der Waals surface area contributed by atoms with E-state index in [1.807, 2.05) is 23.7 Å². The fourth-order valence-electron chi connectivity index (χ4n) is 3.53. The van der Waals surface area contributed by atoms with E-state index in [0.717, 1.165) is 34.9 Å². The highest BCUT2D eigenvalue weighted by atomic mass is 32.1. The van der Waals surface area contributed by atoms with Crippen molar-refractivity contribution in [2.24, 2.45) is 0 Å². The Morgan fingerprint density at radius 2 is 2.08 bits per heavy atom. The molecule has 1 fully saturated rings. The van der Waals surface area contributed by atoms with Gasteiger partial charge in [0, 0.05) is 30.0 Å². The van der Waals surface area contributed by atoms with Gasteiger partial charge in [-0.1, -0.05) is 25.1 Å². The van der Waals surface area contributed by atoms with Gasteiger partial charge in [0.25, 0.3) is 0 Å². The van der Waals surface area contributed by atoms with Crippen molar-refractivity contribution in [1.82, 2.24) is 19.2 Å². The Labute approximate surface area is 152 Å². The van der Waals surface area contributed by atoms with Gasteiger partial charge in [-0.05, 0) is 45.1 Å². The summed E-state index contributed by atoms with van der Waals surface area (Å²) in [5.74, 6) is 2.08. The van der Waals surface area contributed by atoms with Crippen LogP contribution in [0, 0.1) is 11.7 Å². The molecule has 0 bridgehead atoms. The summed E-state index contributed by atoms with van der Waals surface area (Å²) in [4.78, 5) is 2.25. The molecule has 1 aliphatic carbocycles. The minimum absolute atomic E-state index is 0.566. The SMILES string of the molecule is CCc1oc2ccccc2c1CN(C)Cn1nc(C)n(C2CC2)c1=S. The standard InChI is InChI=1S/C19H24N4OS/c1-4-17-16(15-7-5-6-8-18(15)24-17)11-21(3)12-22-19(25)23(13(2)20-22)14-9-10-14/h5-8,14H,4,9-12H2,1-3H3. The lowest BCUT2D eigenvalue weighted by atomic mass is 10.1. The topological polar surface area (TPSA) is 39.1 Å². The number of para-hydroxylation sites is 1. The van der Waals surface area contributed by atoms with Crippen molar-refractivity contribution in [3.8, 4) is 0 Å². The lowest BCUT2D eigenvalue weighted by Crippen LogP contribution is -2.23. The highest BCUT2D eigenvalue weighted by Gasteiger charge is 2.27. The molecule has 0 saturated heterocycles. The van der Waals surface area contributed by atoms with Gasteiger partial charge in [-0.3, -0.25) is 4.90 Å². The number of rotatable bonds is 6. The summed E-state index contributed by atoms with van der Waals surface area (Å²) in [5.41, 5.74) is 2.23. The van der Waals surface area contributed by atoms with Crippen LogP contribution >= 0.6 is 12.2 Å². The van der Waals surface area contributed by atoms with Crippen LogP contribution in [0.2, 0.25) is 0 Å². The van der Waals surface area contributed by atoms with Crippen LogP contribution in [0.5, 0.6) is 0 Å². The zero-order valence-corrected chi connectivity index (χ0v) is 15.8. The average molecular weight is 356 g/mol. The molecule has 0 radical (unpaired) electrons. The van der Waals surface area contributed by atoms with E-state index in [2.05, 4.69) is 40.7 Å². The number of benzene rings is 1. The molecule has 1 aliphatic rings. The average Bonchev–Trinajstić information content (AvgIpc) is 3.30. The van der Waals surface area contributed by atoms with E-state index < -0.39 is 0 Å². The molecule has 2 aromatic heterocycles. The molecule has 25 heavy (non-hydrogen) atoms. The van der Waals surface area contributed by atoms with E-state index in [0.29, 0.717) is 12.7 Å². The maximum Gasteiger partial charge on any atom is 0.199 e. The minimum atomic E-state index is 0.566. The highest BCUT2D eigenvalue weighted by molar-refractivity contribution is 7.71. The van der Waals surface area contributed by atoms with Crippen LogP contribution < -0.4 is 0 Å². The first-order valence-electron chi connectivity index (χ1n) is 8.92. The van der Waals surface area contributed by atoms with Gasteiger partial charge in [0.15, 0.2) is 4.77 Å². The fourth-order valence-corrected chi connectivity index (χ4v) is 3.91. The Hall–Kier alpha value is -1.92. The molecule has 6 heteroatoms. The van der Waals surface area contributed by atoms with Crippen LogP contribution in [-0.4, -0.2) is 26.3 Å². The second kappa shape index (κ2) is 6.42. The summed E-state index contributed by atoms with van der Waals surface area (Å²) < 4.78 is 11.0. The van der Waals surface area contributed by atoms with E-state index in [4.69, 9.17) is 16.6 Å². The van der Waals surface area contributed by atoms with Crippen LogP contribution in [0.25, 0.3) is 11.0 Å². The van der Waals surface area contributed by atoms with Crippen LogP contribution in [0.4, 0.5) is 0 Å². The smallest absolute Gasteiger partial charge is 0.199 e. The molecule has 132 valence electrons. The number of aryl methyl sites for hydroxylation is 2. The molecular weight excluding hydrogens is 332 g/mol. The third-order valence-corrected chi connectivity index (χ3v) is 5.27. The molecule has 0 N–H and O–H groups in total. The quantitative estimate of drug-likeness (QED) is 0.612. The van der Waals surface area contributed by atoms with Gasteiger partial charge in [-0.15, -0.1) is 0 Å². The first kappa shape index (κ1) is 16.5. The molecule has 0 spiro atoms. The van der Waals surface area contributed by atoms with Crippen molar-refractivity contribution in [3.63, 3.8) is 0 Å². The van der Waals surface area contributed by atoms with Crippen LogP contribution in [-0.2, 0) is 19.6 Å². The largest absolute Gasteiger partial charge is 0.461 e. The number of fused-ring (bicyclic) bond motifs is 1. The number of hydrogen-bond donors (Lipinski definition) is 0. The van der Waals surface area contributed by atoms with Gasteiger partial charge >= 0.3 is 0 Å². The Morgan fingerprint density at radius 3 is 2.80 bits per heavy atom. The van der Waals surface area contributed by atoms with E-state index in [9.17, 15) is 0 Å². The van der Waals surface area contributed by atoms with Gasteiger partial charge in [0.05, 0.1) is 6.67 Å². The Balaban J connectivity index is 1.58. The van der Waals surface area contributed by atoms with Crippen LogP contribution in [0.1, 0.15) is 43.0 Å². The summed E-state index contributed by atoms with van der Waals surface area (Å²) >= 11 is 5.64. The second-order valence-corrected chi connectivity index (χ2v) is 7.30. The van der Waals surface area contributed by atoms with Crippen molar-refractivity contribution in [3.05, 3.63) is 46.2 Å². The van der Waals surface area contributed by atoms with E-state index in [1.54, 1.807) is 0 Å². The predicted molar refractivity (Wildman–Crippen MR) is 101 cm³/mol. The van der Waals surface area contributed by atoms with Gasteiger partial charge in [-0.25, -0.2) is 4.68 Å². The minimum Gasteiger partial charge on any atom is -0.461 e. The normalized spacial score (nSPS) is 14.7. The molecule has 2 heterocycles. The highest BCUT2D eigenvalue weighted by Crippen LogP contribution is 2.36. The Morgan fingerprint density at radius 1 is 1.32 bits per heavy atom. The van der Waals surface area contributed by atoms with E-state index in [1.165, 1.54) is 23.8 Å². The number of hydrogen-bond acceptors (Lipinski definition) is 4. The summed E-state index contributed by atoms with van der Waals surface area (Å²) in [5, 5.41) is 5.86. The molecular formula is C19H24N4OS. The first-order chi connectivity index (χ1) is 12.1. The lowest BCUT2D eigenvalue weighted by Gasteiger charge is -2.16. The van der Waals surface area contributed by atoms with Crippen LogP contribution in [0.3, 0.4) is 0 Å². The van der Waals surface area contributed by atoms with E-state index in [-0.39, 0.29) is 0 Å². The summed E-state index contributed by atoms with van der Waals surface area (Å²) in [6, 6.07) is 8.83. The molecule has 0 aliphatic heterocycles. The lowest BCUT2D eigenvalue weighted by molar-refractivity contribution is 0.242. The fraction of sp³-hybridized carbons (Fsp3) is 0.474. The van der Waals surface area contributed by atoms with Gasteiger partial charge < -0.3 is 8.98 Å². The third kappa shape index (κ3) is 3.04. The molecule has 3 aromatic rings. The summed E-state index contributed by atoms with van der Waals surface area (Å²) in [6.07, 6.45) is 3.34. The predicted octanol–water partition coefficient (Wildman–Crippen LogP) is 4.46. The summed E-state index contributed by atoms with van der Waals surface area (Å²) in [7, 11) is 2.11. The molecule has 0 amide bonds. The van der Waals surface area contributed by atoms with Crippen molar-refractivity contribution in [1.29, 1.82) is 0 Å². The molecule has 1 aromatic carbocycles. The van der Waals surface area contributed by atoms with Crippen molar-refractivity contribution in [2.75, 3.05) is 7.05 Å². The maximum atomic E-state index is 6.01. The van der Waals surface area contributed by atoms with Gasteiger partial charge in [0.1, 0.15) is 17.2 Å². The van der Waals surface area contributed by atoms with Gasteiger partial charge in [0.2, 0.25) is 0 Å². The second-order valence-electron chi connectivity index (χ2n) is 6.94. The number of nitrogens with zero attached hydrogens (tertiary/aromatic N) is 4. The first-order valence-corrected chi connectivity index (χ1v) is 9.33. The zero-order valence-electron chi connectivity index (χ0n) is 15.0. The van der Waals surface area contributed by atoms with Crippen LogP contribution in [0.15, 0.2) is 28.7 Å². The third-order valence-electron chi connectivity index (χ3n) is 4.86. The Bertz CT molecular complexity index is 964. The zero-order chi connectivity index (χ0) is 17.6. The molecule has 5 nitrogen and oxygen atoms in total. The molecule has 0 unspecified atom stereocenters.